The van der Waals surface area contributed by atoms with Gasteiger partial charge in [0.2, 0.25) is 0 Å². The van der Waals surface area contributed by atoms with E-state index in [4.69, 9.17) is 19.4 Å². The van der Waals surface area contributed by atoms with E-state index in [-0.39, 0.29) is 0 Å². The molecule has 2 aromatic heterocycles. The number of aromatic nitrogens is 3. The van der Waals surface area contributed by atoms with E-state index >= 15 is 0 Å². The summed E-state index contributed by atoms with van der Waals surface area (Å²) in [4.78, 5) is 14.9. The van der Waals surface area contributed by atoms with Crippen LogP contribution in [0, 0.1) is 11.3 Å². The molecule has 7 aromatic carbocycles. The molecule has 51 heavy (non-hydrogen) atoms. The van der Waals surface area contributed by atoms with Crippen LogP contribution in [0.3, 0.4) is 0 Å². The maximum Gasteiger partial charge on any atom is 0.164 e. The first-order valence-corrected chi connectivity index (χ1v) is 16.8. The van der Waals surface area contributed by atoms with Crippen LogP contribution in [-0.2, 0) is 0 Å². The van der Waals surface area contributed by atoms with Gasteiger partial charge in [-0.3, -0.25) is 0 Å². The standard InChI is InChI=1S/C46H28N4O/c47-29-35-16-7-8-17-36(35)31-22-24-33(25-23-31)45-48-44(32-14-5-2-6-15-32)49-46(50-45)34-26-27-40-42(28-34)51-41-21-11-20-39(43(40)41)38-19-10-9-18-37(38)30-12-3-1-4-13-30/h1-28H. The van der Waals surface area contributed by atoms with E-state index in [0.29, 0.717) is 23.0 Å². The van der Waals surface area contributed by atoms with Crippen molar-refractivity contribution in [2.75, 3.05) is 0 Å². The molecule has 238 valence electrons. The Balaban J connectivity index is 1.16. The molecule has 0 atom stereocenters. The fraction of sp³-hybridized carbons (Fsp3) is 0. The number of fused-ring (bicyclic) bond motifs is 3. The van der Waals surface area contributed by atoms with Crippen molar-refractivity contribution < 1.29 is 4.42 Å². The molecule has 5 nitrogen and oxygen atoms in total. The molecule has 0 aliphatic rings. The lowest BCUT2D eigenvalue weighted by atomic mass is 9.92. The number of nitrogens with zero attached hydrogens (tertiary/aromatic N) is 4. The van der Waals surface area contributed by atoms with Crippen molar-refractivity contribution in [2.24, 2.45) is 0 Å². The van der Waals surface area contributed by atoms with Gasteiger partial charge in [0.15, 0.2) is 17.5 Å². The highest BCUT2D eigenvalue weighted by Gasteiger charge is 2.18. The van der Waals surface area contributed by atoms with E-state index in [1.807, 2.05) is 97.1 Å². The summed E-state index contributed by atoms with van der Waals surface area (Å²) in [5, 5.41) is 11.7. The minimum absolute atomic E-state index is 0.551. The Morgan fingerprint density at radius 2 is 0.902 bits per heavy atom. The molecule has 0 N–H and O–H groups in total. The number of hydrogen-bond donors (Lipinski definition) is 0. The number of furan rings is 1. The molecule has 0 amide bonds. The van der Waals surface area contributed by atoms with Gasteiger partial charge in [-0.25, -0.2) is 15.0 Å². The van der Waals surface area contributed by atoms with Crippen LogP contribution in [0.25, 0.3) is 89.5 Å². The minimum Gasteiger partial charge on any atom is -0.456 e. The first-order valence-electron chi connectivity index (χ1n) is 16.8. The normalized spacial score (nSPS) is 11.1. The average Bonchev–Trinajstić information content (AvgIpc) is 3.60. The Labute approximate surface area is 294 Å². The zero-order chi connectivity index (χ0) is 34.1. The Morgan fingerprint density at radius 1 is 0.392 bits per heavy atom. The molecule has 0 spiro atoms. The van der Waals surface area contributed by atoms with Crippen molar-refractivity contribution in [3.63, 3.8) is 0 Å². The minimum atomic E-state index is 0.551. The van der Waals surface area contributed by atoms with Crippen LogP contribution in [0.4, 0.5) is 0 Å². The largest absolute Gasteiger partial charge is 0.456 e. The molecule has 0 saturated carbocycles. The number of nitriles is 1. The van der Waals surface area contributed by atoms with E-state index in [1.54, 1.807) is 0 Å². The van der Waals surface area contributed by atoms with E-state index in [2.05, 4.69) is 78.9 Å². The first-order chi connectivity index (χ1) is 25.2. The summed E-state index contributed by atoms with van der Waals surface area (Å²) in [6.45, 7) is 0. The van der Waals surface area contributed by atoms with Crippen LogP contribution >= 0.6 is 0 Å². The summed E-state index contributed by atoms with van der Waals surface area (Å²) in [7, 11) is 0. The molecular weight excluding hydrogens is 625 g/mol. The molecule has 0 aliphatic carbocycles. The Kier molecular flexibility index (Phi) is 7.46. The van der Waals surface area contributed by atoms with Gasteiger partial charge in [-0.1, -0.05) is 146 Å². The van der Waals surface area contributed by atoms with Crippen LogP contribution in [0.2, 0.25) is 0 Å². The molecule has 0 unspecified atom stereocenters. The predicted octanol–water partition coefficient (Wildman–Crippen LogP) is 11.6. The van der Waals surface area contributed by atoms with E-state index in [9.17, 15) is 5.26 Å². The zero-order valence-electron chi connectivity index (χ0n) is 27.4. The lowest BCUT2D eigenvalue weighted by Gasteiger charge is -2.11. The van der Waals surface area contributed by atoms with Gasteiger partial charge < -0.3 is 4.42 Å². The van der Waals surface area contributed by atoms with Gasteiger partial charge in [0.1, 0.15) is 11.2 Å². The zero-order valence-corrected chi connectivity index (χ0v) is 27.4. The van der Waals surface area contributed by atoms with Crippen molar-refractivity contribution in [2.45, 2.75) is 0 Å². The molecule has 0 fully saturated rings. The predicted molar refractivity (Wildman–Crippen MR) is 204 cm³/mol. The van der Waals surface area contributed by atoms with E-state index in [0.717, 1.165) is 60.9 Å². The van der Waals surface area contributed by atoms with Gasteiger partial charge in [-0.05, 0) is 57.6 Å². The second-order valence-electron chi connectivity index (χ2n) is 12.3. The molecule has 5 heteroatoms. The third-order valence-electron chi connectivity index (χ3n) is 9.23. The number of rotatable bonds is 6. The highest BCUT2D eigenvalue weighted by molar-refractivity contribution is 6.14. The van der Waals surface area contributed by atoms with E-state index in [1.165, 1.54) is 11.1 Å². The molecule has 9 rings (SSSR count). The quantitative estimate of drug-likeness (QED) is 0.179. The van der Waals surface area contributed by atoms with Gasteiger partial charge in [-0.15, -0.1) is 0 Å². The third kappa shape index (κ3) is 5.51. The molecule has 2 heterocycles. The summed E-state index contributed by atoms with van der Waals surface area (Å²) in [6, 6.07) is 59.3. The van der Waals surface area contributed by atoms with Gasteiger partial charge in [-0.2, -0.15) is 5.26 Å². The Morgan fingerprint density at radius 3 is 1.61 bits per heavy atom. The highest BCUT2D eigenvalue weighted by atomic mass is 16.3. The molecule has 0 saturated heterocycles. The van der Waals surface area contributed by atoms with Crippen molar-refractivity contribution in [3.05, 3.63) is 175 Å². The van der Waals surface area contributed by atoms with Crippen LogP contribution < -0.4 is 0 Å². The topological polar surface area (TPSA) is 75.6 Å². The summed E-state index contributed by atoms with van der Waals surface area (Å²) in [5.74, 6) is 1.69. The van der Waals surface area contributed by atoms with Crippen LogP contribution in [-0.4, -0.2) is 15.0 Å². The van der Waals surface area contributed by atoms with Crippen molar-refractivity contribution in [1.29, 1.82) is 5.26 Å². The van der Waals surface area contributed by atoms with Crippen LogP contribution in [0.15, 0.2) is 174 Å². The van der Waals surface area contributed by atoms with E-state index < -0.39 is 0 Å². The molecule has 0 bridgehead atoms. The SMILES string of the molecule is N#Cc1ccccc1-c1ccc(-c2nc(-c3ccccc3)nc(-c3ccc4c(c3)oc3cccc(-c5ccccc5-c5ccccc5)c34)n2)cc1. The lowest BCUT2D eigenvalue weighted by molar-refractivity contribution is 0.669. The lowest BCUT2D eigenvalue weighted by Crippen LogP contribution is -2.00. The summed E-state index contributed by atoms with van der Waals surface area (Å²) in [6.07, 6.45) is 0. The summed E-state index contributed by atoms with van der Waals surface area (Å²) in [5.41, 5.74) is 11.2. The monoisotopic (exact) mass is 652 g/mol. The third-order valence-corrected chi connectivity index (χ3v) is 9.23. The molecule has 0 radical (unpaired) electrons. The average molecular weight is 653 g/mol. The molecular formula is C46H28N4O. The van der Waals surface area contributed by atoms with Crippen molar-refractivity contribution >= 4 is 21.9 Å². The van der Waals surface area contributed by atoms with Crippen LogP contribution in [0.5, 0.6) is 0 Å². The fourth-order valence-corrected chi connectivity index (χ4v) is 6.76. The van der Waals surface area contributed by atoms with Gasteiger partial charge in [0, 0.05) is 27.5 Å². The van der Waals surface area contributed by atoms with Crippen molar-refractivity contribution in [3.8, 4) is 73.6 Å². The Hall–Kier alpha value is -7.16. The fourth-order valence-electron chi connectivity index (χ4n) is 6.76. The van der Waals surface area contributed by atoms with Gasteiger partial charge in [0.25, 0.3) is 0 Å². The highest BCUT2D eigenvalue weighted by Crippen LogP contribution is 2.41. The number of benzene rings is 7. The number of hydrogen-bond acceptors (Lipinski definition) is 5. The smallest absolute Gasteiger partial charge is 0.164 e. The van der Waals surface area contributed by atoms with Gasteiger partial charge >= 0.3 is 0 Å². The maximum absolute atomic E-state index is 9.63. The molecule has 9 aromatic rings. The Bertz CT molecular complexity index is 2750. The molecule has 0 aliphatic heterocycles. The second-order valence-corrected chi connectivity index (χ2v) is 12.3. The van der Waals surface area contributed by atoms with Gasteiger partial charge in [0.05, 0.1) is 11.6 Å². The summed E-state index contributed by atoms with van der Waals surface area (Å²) < 4.78 is 6.53. The van der Waals surface area contributed by atoms with Crippen LogP contribution in [0.1, 0.15) is 5.56 Å². The summed E-state index contributed by atoms with van der Waals surface area (Å²) >= 11 is 0. The first kappa shape index (κ1) is 29.9. The van der Waals surface area contributed by atoms with Crippen molar-refractivity contribution in [1.82, 2.24) is 15.0 Å². The maximum atomic E-state index is 9.63. The second kappa shape index (κ2) is 12.7.